The lowest BCUT2D eigenvalue weighted by Crippen LogP contribution is -2.42. The van der Waals surface area contributed by atoms with Crippen LogP contribution in [0.25, 0.3) is 0 Å². The number of ether oxygens (including phenoxy) is 1. The Balaban J connectivity index is 2.10. The number of hydrogen-bond donors (Lipinski definition) is 2. The average molecular weight is 402 g/mol. The van der Waals surface area contributed by atoms with Crippen LogP contribution < -0.4 is 10.6 Å². The van der Waals surface area contributed by atoms with Gasteiger partial charge in [-0.1, -0.05) is 30.3 Å². The molecule has 0 unspecified atom stereocenters. The van der Waals surface area contributed by atoms with E-state index in [1.165, 1.54) is 20.1 Å². The Morgan fingerprint density at radius 2 is 1.68 bits per heavy atom. The van der Waals surface area contributed by atoms with Gasteiger partial charge in [0.1, 0.15) is 6.04 Å². The molecule has 0 radical (unpaired) electrons. The minimum absolute atomic E-state index is 0.141. The number of nitrogens with one attached hydrogen (secondary N) is 2. The SMILES string of the molecule is COC(=O)[C@@H](CC[S@@](=O)c1ccccc1)NC(=O)c1ccccc1NC(C)=O. The number of esters is 1. The molecule has 0 saturated carbocycles. The van der Waals surface area contributed by atoms with Crippen molar-refractivity contribution in [3.8, 4) is 0 Å². The number of carbonyl (C=O) groups excluding carboxylic acids is 3. The van der Waals surface area contributed by atoms with E-state index in [0.29, 0.717) is 10.6 Å². The van der Waals surface area contributed by atoms with Crippen LogP contribution in [-0.2, 0) is 25.1 Å². The molecule has 2 rings (SSSR count). The number of anilines is 1. The molecule has 0 saturated heterocycles. The molecule has 28 heavy (non-hydrogen) atoms. The minimum Gasteiger partial charge on any atom is -0.467 e. The maximum Gasteiger partial charge on any atom is 0.328 e. The Bertz CT molecular complexity index is 870. The summed E-state index contributed by atoms with van der Waals surface area (Å²) >= 11 is 0. The smallest absolute Gasteiger partial charge is 0.328 e. The summed E-state index contributed by atoms with van der Waals surface area (Å²) in [4.78, 5) is 36.7. The van der Waals surface area contributed by atoms with Crippen LogP contribution in [-0.4, -0.2) is 40.9 Å². The van der Waals surface area contributed by atoms with Crippen molar-refractivity contribution in [1.82, 2.24) is 5.32 Å². The van der Waals surface area contributed by atoms with Crippen LogP contribution in [0, 0.1) is 0 Å². The van der Waals surface area contributed by atoms with Crippen LogP contribution >= 0.6 is 0 Å². The summed E-state index contributed by atoms with van der Waals surface area (Å²) in [6.07, 6.45) is 0.141. The fourth-order valence-corrected chi connectivity index (χ4v) is 3.67. The van der Waals surface area contributed by atoms with Gasteiger partial charge in [0, 0.05) is 17.6 Å². The van der Waals surface area contributed by atoms with E-state index in [1.54, 1.807) is 42.5 Å². The van der Waals surface area contributed by atoms with Crippen molar-refractivity contribution < 1.29 is 23.3 Å². The molecular formula is C20H22N2O5S. The summed E-state index contributed by atoms with van der Waals surface area (Å²) in [6.45, 7) is 1.34. The Morgan fingerprint density at radius 3 is 2.32 bits per heavy atom. The van der Waals surface area contributed by atoms with Crippen molar-refractivity contribution in [2.45, 2.75) is 24.3 Å². The zero-order valence-electron chi connectivity index (χ0n) is 15.6. The molecule has 8 heteroatoms. The minimum atomic E-state index is -1.31. The third kappa shape index (κ3) is 6.02. The quantitative estimate of drug-likeness (QED) is 0.659. The molecule has 2 atom stereocenters. The third-order valence-corrected chi connectivity index (χ3v) is 5.28. The van der Waals surface area contributed by atoms with Gasteiger partial charge in [0.25, 0.3) is 5.91 Å². The number of hydrogen-bond acceptors (Lipinski definition) is 5. The molecule has 2 aromatic carbocycles. The van der Waals surface area contributed by atoms with Gasteiger partial charge in [0.15, 0.2) is 0 Å². The van der Waals surface area contributed by atoms with Crippen LogP contribution in [0.3, 0.4) is 0 Å². The summed E-state index contributed by atoms with van der Waals surface area (Å²) in [5.74, 6) is -1.30. The molecule has 0 bridgehead atoms. The molecule has 0 aliphatic heterocycles. The lowest BCUT2D eigenvalue weighted by atomic mass is 10.1. The first-order chi connectivity index (χ1) is 13.4. The largest absolute Gasteiger partial charge is 0.467 e. The van der Waals surface area contributed by atoms with E-state index in [-0.39, 0.29) is 23.6 Å². The van der Waals surface area contributed by atoms with Crippen LogP contribution in [0.15, 0.2) is 59.5 Å². The molecule has 0 aliphatic rings. The summed E-state index contributed by atoms with van der Waals surface area (Å²) in [5.41, 5.74) is 0.555. The van der Waals surface area contributed by atoms with E-state index < -0.39 is 28.7 Å². The summed E-state index contributed by atoms with van der Waals surface area (Å²) in [5, 5.41) is 5.18. The highest BCUT2D eigenvalue weighted by molar-refractivity contribution is 7.85. The lowest BCUT2D eigenvalue weighted by molar-refractivity contribution is -0.142. The van der Waals surface area contributed by atoms with Gasteiger partial charge in [-0.15, -0.1) is 0 Å². The molecule has 0 fully saturated rings. The lowest BCUT2D eigenvalue weighted by Gasteiger charge is -2.17. The molecule has 0 spiro atoms. The molecule has 7 nitrogen and oxygen atoms in total. The van der Waals surface area contributed by atoms with Crippen LogP contribution in [0.1, 0.15) is 23.7 Å². The van der Waals surface area contributed by atoms with Crippen LogP contribution in [0.2, 0.25) is 0 Å². The topological polar surface area (TPSA) is 102 Å². The van der Waals surface area contributed by atoms with E-state index >= 15 is 0 Å². The van der Waals surface area contributed by atoms with Gasteiger partial charge in [-0.2, -0.15) is 0 Å². The van der Waals surface area contributed by atoms with Gasteiger partial charge in [0.2, 0.25) is 5.91 Å². The van der Waals surface area contributed by atoms with Gasteiger partial charge in [-0.05, 0) is 30.7 Å². The first-order valence-electron chi connectivity index (χ1n) is 8.61. The predicted molar refractivity (Wildman–Crippen MR) is 106 cm³/mol. The normalized spacial score (nSPS) is 12.5. The second-order valence-corrected chi connectivity index (χ2v) is 7.50. The summed E-state index contributed by atoms with van der Waals surface area (Å²) < 4.78 is 17.1. The average Bonchev–Trinajstić information content (AvgIpc) is 2.70. The number of carbonyl (C=O) groups is 3. The highest BCUT2D eigenvalue weighted by Crippen LogP contribution is 2.16. The number of benzene rings is 2. The molecule has 0 aromatic heterocycles. The molecular weight excluding hydrogens is 380 g/mol. The second kappa shape index (κ2) is 10.4. The Hall–Kier alpha value is -3.00. The number of para-hydroxylation sites is 1. The Morgan fingerprint density at radius 1 is 1.04 bits per heavy atom. The summed E-state index contributed by atoms with van der Waals surface area (Å²) in [7, 11) is -0.0870. The van der Waals surface area contributed by atoms with E-state index in [9.17, 15) is 18.6 Å². The first kappa shape index (κ1) is 21.3. The molecule has 0 aliphatic carbocycles. The highest BCUT2D eigenvalue weighted by Gasteiger charge is 2.24. The highest BCUT2D eigenvalue weighted by atomic mass is 32.2. The standard InChI is InChI=1S/C20H22N2O5S/c1-14(23)21-17-11-7-6-10-16(17)19(24)22-18(20(25)27-2)12-13-28(26)15-8-4-3-5-9-15/h3-11,18H,12-13H2,1-2H3,(H,21,23)(H,22,24)/t18-,28-/m1/s1. The fraction of sp³-hybridized carbons (Fsp3) is 0.250. The zero-order valence-corrected chi connectivity index (χ0v) is 16.5. The first-order valence-corrected chi connectivity index (χ1v) is 9.93. The van der Waals surface area contributed by atoms with Crippen molar-refractivity contribution >= 4 is 34.3 Å². The number of rotatable bonds is 8. The second-order valence-electron chi connectivity index (χ2n) is 5.93. The van der Waals surface area contributed by atoms with Crippen LogP contribution in [0.5, 0.6) is 0 Å². The van der Waals surface area contributed by atoms with E-state index in [1.807, 2.05) is 6.07 Å². The van der Waals surface area contributed by atoms with Crippen LogP contribution in [0.4, 0.5) is 5.69 Å². The monoisotopic (exact) mass is 402 g/mol. The fourth-order valence-electron chi connectivity index (χ4n) is 2.52. The van der Waals surface area contributed by atoms with E-state index in [4.69, 9.17) is 4.74 Å². The van der Waals surface area contributed by atoms with Crippen molar-refractivity contribution in [3.63, 3.8) is 0 Å². The zero-order chi connectivity index (χ0) is 20.5. The maximum absolute atomic E-state index is 12.6. The maximum atomic E-state index is 12.6. The Kier molecular flexibility index (Phi) is 7.88. The molecule has 148 valence electrons. The van der Waals surface area contributed by atoms with E-state index in [0.717, 1.165) is 0 Å². The molecule has 2 amide bonds. The van der Waals surface area contributed by atoms with E-state index in [2.05, 4.69) is 10.6 Å². The van der Waals surface area contributed by atoms with Crippen molar-refractivity contribution in [2.75, 3.05) is 18.2 Å². The molecule has 0 heterocycles. The van der Waals surface area contributed by atoms with Gasteiger partial charge < -0.3 is 15.4 Å². The van der Waals surface area contributed by atoms with Gasteiger partial charge in [0.05, 0.1) is 29.2 Å². The van der Waals surface area contributed by atoms with Crippen molar-refractivity contribution in [2.24, 2.45) is 0 Å². The van der Waals surface area contributed by atoms with Gasteiger partial charge in [-0.3, -0.25) is 13.8 Å². The molecule has 2 aromatic rings. The summed E-state index contributed by atoms with van der Waals surface area (Å²) in [6, 6.07) is 14.4. The van der Waals surface area contributed by atoms with Gasteiger partial charge in [-0.25, -0.2) is 4.79 Å². The Labute approximate surface area is 165 Å². The predicted octanol–water partition coefficient (Wildman–Crippen LogP) is 2.11. The number of amides is 2. The van der Waals surface area contributed by atoms with Crippen molar-refractivity contribution in [3.05, 3.63) is 60.2 Å². The van der Waals surface area contributed by atoms with Crippen molar-refractivity contribution in [1.29, 1.82) is 0 Å². The third-order valence-electron chi connectivity index (χ3n) is 3.87. The van der Waals surface area contributed by atoms with Gasteiger partial charge >= 0.3 is 5.97 Å². The number of methoxy groups -OCH3 is 1. The molecule has 2 N–H and O–H groups in total.